The zero-order chi connectivity index (χ0) is 26.4. The second-order valence-corrected chi connectivity index (χ2v) is 11.1. The van der Waals surface area contributed by atoms with Gasteiger partial charge >= 0.3 is 0 Å². The van der Waals surface area contributed by atoms with Crippen LogP contribution in [0.4, 0.5) is 0 Å². The number of carbonyl (C=O) groups excluding carboxylic acids is 1. The first kappa shape index (κ1) is 25.6. The van der Waals surface area contributed by atoms with Gasteiger partial charge in [-0.3, -0.25) is 4.79 Å². The minimum absolute atomic E-state index is 0.00800. The Morgan fingerprint density at radius 3 is 2.36 bits per heavy atom. The van der Waals surface area contributed by atoms with Crippen LogP contribution in [0, 0.1) is 5.92 Å². The van der Waals surface area contributed by atoms with Gasteiger partial charge in [0.2, 0.25) is 0 Å². The molecule has 4 heteroatoms. The molecule has 0 saturated carbocycles. The van der Waals surface area contributed by atoms with Crippen molar-refractivity contribution < 1.29 is 9.21 Å². The number of piperidine rings is 1. The summed E-state index contributed by atoms with van der Waals surface area (Å²) in [6.07, 6.45) is 7.40. The van der Waals surface area contributed by atoms with E-state index in [1.165, 1.54) is 42.6 Å². The molecule has 2 unspecified atom stereocenters. The van der Waals surface area contributed by atoms with Gasteiger partial charge in [-0.05, 0) is 104 Å². The molecule has 0 radical (unpaired) electrons. The first-order valence-electron chi connectivity index (χ1n) is 14.5. The van der Waals surface area contributed by atoms with Gasteiger partial charge in [-0.2, -0.15) is 0 Å². The molecule has 3 aromatic carbocycles. The van der Waals surface area contributed by atoms with Crippen LogP contribution in [0.1, 0.15) is 75.9 Å². The highest BCUT2D eigenvalue weighted by molar-refractivity contribution is 5.96. The Balaban J connectivity index is 1.14. The smallest absolute Gasteiger partial charge is 0.251 e. The summed E-state index contributed by atoms with van der Waals surface area (Å²) in [5.74, 6) is 2.40. The number of amides is 1. The second kappa shape index (κ2) is 12.0. The van der Waals surface area contributed by atoms with Gasteiger partial charge in [-0.15, -0.1) is 0 Å². The molecule has 1 saturated heterocycles. The van der Waals surface area contributed by atoms with E-state index in [0.717, 1.165) is 42.7 Å². The Morgan fingerprint density at radius 2 is 1.62 bits per heavy atom. The Bertz CT molecular complexity index is 1340. The van der Waals surface area contributed by atoms with Crippen molar-refractivity contribution in [3.63, 3.8) is 0 Å². The molecule has 200 valence electrons. The van der Waals surface area contributed by atoms with Crippen LogP contribution in [0.3, 0.4) is 0 Å². The average molecular weight is 519 g/mol. The zero-order valence-corrected chi connectivity index (χ0v) is 22.6. The Morgan fingerprint density at radius 1 is 0.846 bits per heavy atom. The van der Waals surface area contributed by atoms with E-state index in [4.69, 9.17) is 4.42 Å². The summed E-state index contributed by atoms with van der Waals surface area (Å²) in [5, 5.41) is 3.14. The van der Waals surface area contributed by atoms with Gasteiger partial charge in [0.25, 0.3) is 5.91 Å². The summed E-state index contributed by atoms with van der Waals surface area (Å²) in [7, 11) is 0. The number of nitrogens with zero attached hydrogens (tertiary/aromatic N) is 1. The molecule has 4 nitrogen and oxygen atoms in total. The lowest BCUT2D eigenvalue weighted by molar-refractivity contribution is 0.0949. The third-order valence-corrected chi connectivity index (χ3v) is 8.85. The minimum Gasteiger partial charge on any atom is -0.469 e. The maximum atomic E-state index is 13.3. The van der Waals surface area contributed by atoms with Crippen LogP contribution in [-0.2, 0) is 13.0 Å². The number of carbonyl (C=O) groups is 1. The van der Waals surface area contributed by atoms with Crippen LogP contribution in [-0.4, -0.2) is 30.4 Å². The van der Waals surface area contributed by atoms with E-state index >= 15 is 0 Å². The maximum Gasteiger partial charge on any atom is 0.251 e. The SMILES string of the molecule is O=C(NCc1ccccc1)c1cccc2c1CCC(CCN1CCC(c3ccccc3)CC1)C2c1ccco1. The van der Waals surface area contributed by atoms with Gasteiger partial charge in [0.1, 0.15) is 5.76 Å². The molecule has 1 amide bonds. The number of nitrogens with one attached hydrogen (secondary N) is 1. The number of furan rings is 1. The fraction of sp³-hybridized carbons (Fsp3) is 0.343. The lowest BCUT2D eigenvalue weighted by Gasteiger charge is -2.37. The van der Waals surface area contributed by atoms with E-state index < -0.39 is 0 Å². The van der Waals surface area contributed by atoms with Gasteiger partial charge in [0.05, 0.1) is 6.26 Å². The maximum absolute atomic E-state index is 13.3. The number of likely N-dealkylation sites (tertiary alicyclic amines) is 1. The normalized spacial score (nSPS) is 19.9. The highest BCUT2D eigenvalue weighted by Gasteiger charge is 2.35. The van der Waals surface area contributed by atoms with Gasteiger partial charge in [0.15, 0.2) is 0 Å². The molecule has 4 aromatic rings. The van der Waals surface area contributed by atoms with E-state index in [9.17, 15) is 4.79 Å². The van der Waals surface area contributed by atoms with E-state index in [0.29, 0.717) is 18.4 Å². The first-order chi connectivity index (χ1) is 19.3. The lowest BCUT2D eigenvalue weighted by Crippen LogP contribution is -2.35. The highest BCUT2D eigenvalue weighted by atomic mass is 16.3. The molecule has 6 rings (SSSR count). The Kier molecular flexibility index (Phi) is 7.92. The number of hydrogen-bond acceptors (Lipinski definition) is 3. The summed E-state index contributed by atoms with van der Waals surface area (Å²) < 4.78 is 6.01. The molecule has 2 atom stereocenters. The molecule has 2 aliphatic rings. The van der Waals surface area contributed by atoms with Crippen molar-refractivity contribution in [3.05, 3.63) is 131 Å². The van der Waals surface area contributed by atoms with Crippen LogP contribution in [0.5, 0.6) is 0 Å². The summed E-state index contributed by atoms with van der Waals surface area (Å²) >= 11 is 0. The summed E-state index contributed by atoms with van der Waals surface area (Å²) in [6.45, 7) is 3.99. The van der Waals surface area contributed by atoms with E-state index in [1.54, 1.807) is 6.26 Å². The van der Waals surface area contributed by atoms with Crippen LogP contribution in [0.15, 0.2) is 102 Å². The predicted molar refractivity (Wildman–Crippen MR) is 156 cm³/mol. The molecule has 1 N–H and O–H groups in total. The Hall–Kier alpha value is -3.63. The highest BCUT2D eigenvalue weighted by Crippen LogP contribution is 2.44. The number of fused-ring (bicyclic) bond motifs is 1. The quantitative estimate of drug-likeness (QED) is 0.269. The second-order valence-electron chi connectivity index (χ2n) is 11.1. The molecule has 1 aliphatic heterocycles. The summed E-state index contributed by atoms with van der Waals surface area (Å²) in [4.78, 5) is 15.9. The van der Waals surface area contributed by atoms with Gasteiger partial charge in [-0.1, -0.05) is 72.8 Å². The van der Waals surface area contributed by atoms with Gasteiger partial charge in [0, 0.05) is 18.0 Å². The largest absolute Gasteiger partial charge is 0.469 e. The Labute approximate surface area is 232 Å². The van der Waals surface area contributed by atoms with Crippen LogP contribution >= 0.6 is 0 Å². The van der Waals surface area contributed by atoms with Crippen LogP contribution in [0.25, 0.3) is 0 Å². The van der Waals surface area contributed by atoms with E-state index in [-0.39, 0.29) is 11.8 Å². The third kappa shape index (κ3) is 5.86. The topological polar surface area (TPSA) is 45.5 Å². The van der Waals surface area contributed by atoms with Crippen molar-refractivity contribution in [2.24, 2.45) is 5.92 Å². The van der Waals surface area contributed by atoms with Crippen LogP contribution < -0.4 is 5.32 Å². The molecule has 1 fully saturated rings. The van der Waals surface area contributed by atoms with E-state index in [2.05, 4.69) is 52.7 Å². The van der Waals surface area contributed by atoms with Crippen molar-refractivity contribution in [2.45, 2.75) is 50.5 Å². The molecular weight excluding hydrogens is 480 g/mol. The number of hydrogen-bond donors (Lipinski definition) is 1. The van der Waals surface area contributed by atoms with Crippen molar-refractivity contribution in [3.8, 4) is 0 Å². The fourth-order valence-electron chi connectivity index (χ4n) is 6.74. The molecular formula is C35H38N2O2. The monoisotopic (exact) mass is 518 g/mol. The standard InChI is InChI=1S/C35H38N2O2/c38-35(36-25-26-9-3-1-4-10-26)32-14-7-13-31-30(32)17-16-29(34(31)33-15-8-24-39-33)20-23-37-21-18-28(19-22-37)27-11-5-2-6-12-27/h1-15,24,28-29,34H,16-23,25H2,(H,36,38). The fourth-order valence-corrected chi connectivity index (χ4v) is 6.74. The van der Waals surface area contributed by atoms with Crippen LogP contribution in [0.2, 0.25) is 0 Å². The molecule has 2 heterocycles. The van der Waals surface area contributed by atoms with Gasteiger partial charge < -0.3 is 14.6 Å². The van der Waals surface area contributed by atoms with Crippen molar-refractivity contribution in [1.29, 1.82) is 0 Å². The molecule has 1 aromatic heterocycles. The first-order valence-corrected chi connectivity index (χ1v) is 14.5. The van der Waals surface area contributed by atoms with Crippen molar-refractivity contribution in [2.75, 3.05) is 19.6 Å². The lowest BCUT2D eigenvalue weighted by atomic mass is 9.71. The molecule has 1 aliphatic carbocycles. The third-order valence-electron chi connectivity index (χ3n) is 8.85. The zero-order valence-electron chi connectivity index (χ0n) is 22.6. The molecule has 0 spiro atoms. The van der Waals surface area contributed by atoms with Gasteiger partial charge in [-0.25, -0.2) is 0 Å². The number of benzene rings is 3. The molecule has 0 bridgehead atoms. The molecule has 39 heavy (non-hydrogen) atoms. The van der Waals surface area contributed by atoms with Crippen molar-refractivity contribution in [1.82, 2.24) is 10.2 Å². The minimum atomic E-state index is 0.00800. The average Bonchev–Trinajstić information content (AvgIpc) is 3.54. The number of rotatable bonds is 8. The van der Waals surface area contributed by atoms with E-state index in [1.807, 2.05) is 48.5 Å². The summed E-state index contributed by atoms with van der Waals surface area (Å²) in [5.41, 5.74) is 5.85. The van der Waals surface area contributed by atoms with Crippen molar-refractivity contribution >= 4 is 5.91 Å². The predicted octanol–water partition coefficient (Wildman–Crippen LogP) is 7.17. The summed E-state index contributed by atoms with van der Waals surface area (Å²) in [6, 6.07) is 31.4.